The molecule has 1 rings (SSSR count). The van der Waals surface area contributed by atoms with Gasteiger partial charge in [0.1, 0.15) is 5.02 Å². The minimum Gasteiger partial charge on any atom is -0.354 e. The molecule has 20 heavy (non-hydrogen) atoms. The van der Waals surface area contributed by atoms with E-state index < -0.39 is 4.92 Å². The highest BCUT2D eigenvalue weighted by atomic mass is 35.5. The van der Waals surface area contributed by atoms with Crippen molar-refractivity contribution in [2.75, 3.05) is 6.54 Å². The molecule has 0 bridgehead atoms. The van der Waals surface area contributed by atoms with Gasteiger partial charge >= 0.3 is 0 Å². The Labute approximate surface area is 122 Å². The molecule has 0 fully saturated rings. The van der Waals surface area contributed by atoms with Gasteiger partial charge in [-0.2, -0.15) is 0 Å². The number of nitrogens with zero attached hydrogens (tertiary/aromatic N) is 1. The summed E-state index contributed by atoms with van der Waals surface area (Å²) in [4.78, 5) is 21.6. The SMILES string of the molecule is CC(C)NC(=O)CCNCc1ccc(Cl)c([N+](=O)[O-])c1. The van der Waals surface area contributed by atoms with Crippen molar-refractivity contribution in [2.45, 2.75) is 32.9 Å². The summed E-state index contributed by atoms with van der Waals surface area (Å²) in [5.74, 6) is -0.0189. The van der Waals surface area contributed by atoms with Crippen molar-refractivity contribution in [2.24, 2.45) is 0 Å². The second kappa shape index (κ2) is 7.81. The number of carbonyl (C=O) groups excluding carboxylic acids is 1. The second-order valence-corrected chi connectivity index (χ2v) is 5.10. The first kappa shape index (κ1) is 16.4. The first-order valence-electron chi connectivity index (χ1n) is 6.33. The number of halogens is 1. The van der Waals surface area contributed by atoms with Crippen molar-refractivity contribution >= 4 is 23.2 Å². The maximum absolute atomic E-state index is 11.4. The number of rotatable bonds is 7. The predicted octanol–water partition coefficient (Wildman–Crippen LogP) is 2.25. The van der Waals surface area contributed by atoms with Crippen LogP contribution in [-0.4, -0.2) is 23.4 Å². The fraction of sp³-hybridized carbons (Fsp3) is 0.462. The number of benzene rings is 1. The van der Waals surface area contributed by atoms with Crippen LogP contribution in [0, 0.1) is 10.1 Å². The third-order valence-corrected chi connectivity index (χ3v) is 2.83. The number of amides is 1. The smallest absolute Gasteiger partial charge is 0.288 e. The van der Waals surface area contributed by atoms with E-state index in [2.05, 4.69) is 10.6 Å². The average Bonchev–Trinajstić information content (AvgIpc) is 2.35. The maximum Gasteiger partial charge on any atom is 0.288 e. The molecule has 0 aliphatic heterocycles. The molecule has 0 saturated carbocycles. The van der Waals surface area contributed by atoms with E-state index in [1.54, 1.807) is 6.07 Å². The standard InChI is InChI=1S/C13H18ClN3O3/c1-9(2)16-13(18)5-6-15-8-10-3-4-11(14)12(7-10)17(19)20/h3-4,7,9,15H,5-6,8H2,1-2H3,(H,16,18). The molecular weight excluding hydrogens is 282 g/mol. The lowest BCUT2D eigenvalue weighted by atomic mass is 10.2. The van der Waals surface area contributed by atoms with Crippen molar-refractivity contribution < 1.29 is 9.72 Å². The zero-order chi connectivity index (χ0) is 15.1. The van der Waals surface area contributed by atoms with E-state index in [1.807, 2.05) is 13.8 Å². The summed E-state index contributed by atoms with van der Waals surface area (Å²) < 4.78 is 0. The Morgan fingerprint density at radius 2 is 2.15 bits per heavy atom. The number of hydrogen-bond donors (Lipinski definition) is 2. The zero-order valence-electron chi connectivity index (χ0n) is 11.5. The largest absolute Gasteiger partial charge is 0.354 e. The molecule has 1 aromatic rings. The fourth-order valence-corrected chi connectivity index (χ4v) is 1.82. The van der Waals surface area contributed by atoms with Crippen LogP contribution < -0.4 is 10.6 Å². The van der Waals surface area contributed by atoms with E-state index in [0.717, 1.165) is 5.56 Å². The van der Waals surface area contributed by atoms with E-state index in [1.165, 1.54) is 12.1 Å². The van der Waals surface area contributed by atoms with Crippen LogP contribution in [-0.2, 0) is 11.3 Å². The Morgan fingerprint density at radius 3 is 2.75 bits per heavy atom. The molecular formula is C13H18ClN3O3. The summed E-state index contributed by atoms with van der Waals surface area (Å²) in [6.07, 6.45) is 0.369. The van der Waals surface area contributed by atoms with E-state index in [9.17, 15) is 14.9 Å². The van der Waals surface area contributed by atoms with Gasteiger partial charge < -0.3 is 10.6 Å². The summed E-state index contributed by atoms with van der Waals surface area (Å²) in [5, 5.41) is 16.7. The zero-order valence-corrected chi connectivity index (χ0v) is 12.2. The Kier molecular flexibility index (Phi) is 6.41. The fourth-order valence-electron chi connectivity index (χ4n) is 1.64. The average molecular weight is 300 g/mol. The molecule has 0 aliphatic rings. The van der Waals surface area contributed by atoms with Gasteiger partial charge in [0.25, 0.3) is 5.69 Å². The summed E-state index contributed by atoms with van der Waals surface area (Å²) in [6, 6.07) is 4.78. The predicted molar refractivity (Wildman–Crippen MR) is 77.7 cm³/mol. The molecule has 0 saturated heterocycles. The van der Waals surface area contributed by atoms with Gasteiger partial charge in [0.15, 0.2) is 0 Å². The van der Waals surface area contributed by atoms with Gasteiger partial charge in [-0.15, -0.1) is 0 Å². The van der Waals surface area contributed by atoms with Crippen LogP contribution in [0.2, 0.25) is 5.02 Å². The normalized spacial score (nSPS) is 10.6. The Balaban J connectivity index is 2.41. The molecule has 0 aromatic heterocycles. The molecule has 7 heteroatoms. The lowest BCUT2D eigenvalue weighted by molar-refractivity contribution is -0.384. The van der Waals surface area contributed by atoms with E-state index in [0.29, 0.717) is 19.5 Å². The molecule has 6 nitrogen and oxygen atoms in total. The summed E-state index contributed by atoms with van der Waals surface area (Å²) >= 11 is 5.73. The van der Waals surface area contributed by atoms with E-state index in [-0.39, 0.29) is 22.7 Å². The molecule has 0 heterocycles. The minimum absolute atomic E-state index is 0.0189. The molecule has 0 radical (unpaired) electrons. The second-order valence-electron chi connectivity index (χ2n) is 4.69. The molecule has 1 amide bonds. The quantitative estimate of drug-likeness (QED) is 0.459. The van der Waals surface area contributed by atoms with E-state index >= 15 is 0 Å². The van der Waals surface area contributed by atoms with Crippen LogP contribution >= 0.6 is 11.6 Å². The number of nitro benzene ring substituents is 1. The third kappa shape index (κ3) is 5.54. The van der Waals surface area contributed by atoms with E-state index in [4.69, 9.17) is 11.6 Å². The van der Waals surface area contributed by atoms with Gasteiger partial charge in [-0.05, 0) is 25.5 Å². The van der Waals surface area contributed by atoms with Gasteiger partial charge in [0.05, 0.1) is 4.92 Å². The van der Waals surface area contributed by atoms with Gasteiger partial charge in [0, 0.05) is 31.6 Å². The van der Waals surface area contributed by atoms with Crippen LogP contribution in [0.3, 0.4) is 0 Å². The first-order chi connectivity index (χ1) is 9.40. The minimum atomic E-state index is -0.512. The molecule has 0 atom stereocenters. The molecule has 2 N–H and O–H groups in total. The Morgan fingerprint density at radius 1 is 1.45 bits per heavy atom. The topological polar surface area (TPSA) is 84.3 Å². The highest BCUT2D eigenvalue weighted by molar-refractivity contribution is 6.32. The number of nitrogens with one attached hydrogen (secondary N) is 2. The van der Waals surface area contributed by atoms with Crippen molar-refractivity contribution in [3.63, 3.8) is 0 Å². The van der Waals surface area contributed by atoms with Crippen molar-refractivity contribution in [1.29, 1.82) is 0 Å². The van der Waals surface area contributed by atoms with Crippen LogP contribution in [0.5, 0.6) is 0 Å². The molecule has 1 aromatic carbocycles. The van der Waals surface area contributed by atoms with Gasteiger partial charge in [-0.1, -0.05) is 17.7 Å². The lowest BCUT2D eigenvalue weighted by Crippen LogP contribution is -2.32. The summed E-state index contributed by atoms with van der Waals surface area (Å²) in [7, 11) is 0. The van der Waals surface area contributed by atoms with Crippen molar-refractivity contribution in [3.8, 4) is 0 Å². The highest BCUT2D eigenvalue weighted by Crippen LogP contribution is 2.24. The maximum atomic E-state index is 11.4. The summed E-state index contributed by atoms with van der Waals surface area (Å²) in [6.45, 7) is 4.76. The van der Waals surface area contributed by atoms with Crippen LogP contribution in [0.4, 0.5) is 5.69 Å². The molecule has 0 aliphatic carbocycles. The third-order valence-electron chi connectivity index (χ3n) is 2.51. The first-order valence-corrected chi connectivity index (χ1v) is 6.71. The van der Waals surface area contributed by atoms with Crippen LogP contribution in [0.15, 0.2) is 18.2 Å². The summed E-state index contributed by atoms with van der Waals surface area (Å²) in [5.41, 5.74) is 0.647. The van der Waals surface area contributed by atoms with Gasteiger partial charge in [-0.3, -0.25) is 14.9 Å². The Bertz CT molecular complexity index is 492. The van der Waals surface area contributed by atoms with Gasteiger partial charge in [0.2, 0.25) is 5.91 Å². The van der Waals surface area contributed by atoms with Crippen molar-refractivity contribution in [3.05, 3.63) is 38.9 Å². The monoisotopic (exact) mass is 299 g/mol. The molecule has 110 valence electrons. The van der Waals surface area contributed by atoms with Crippen molar-refractivity contribution in [1.82, 2.24) is 10.6 Å². The Hall–Kier alpha value is -1.66. The van der Waals surface area contributed by atoms with Crippen LogP contribution in [0.25, 0.3) is 0 Å². The molecule has 0 spiro atoms. The number of carbonyl (C=O) groups is 1. The molecule has 0 unspecified atom stereocenters. The lowest BCUT2D eigenvalue weighted by Gasteiger charge is -2.09. The van der Waals surface area contributed by atoms with Crippen LogP contribution in [0.1, 0.15) is 25.8 Å². The number of nitro groups is 1. The number of hydrogen-bond acceptors (Lipinski definition) is 4. The highest BCUT2D eigenvalue weighted by Gasteiger charge is 2.12. The van der Waals surface area contributed by atoms with Gasteiger partial charge in [-0.25, -0.2) is 0 Å².